The van der Waals surface area contributed by atoms with Gasteiger partial charge in [-0.3, -0.25) is 4.79 Å². The number of fused-ring (bicyclic) bond motifs is 1. The van der Waals surface area contributed by atoms with E-state index in [2.05, 4.69) is 15.5 Å². The third-order valence-corrected chi connectivity index (χ3v) is 4.52. The molecule has 8 heteroatoms. The number of benzene rings is 1. The van der Waals surface area contributed by atoms with Gasteiger partial charge >= 0.3 is 0 Å². The lowest BCUT2D eigenvalue weighted by atomic mass is 9.97. The van der Waals surface area contributed by atoms with Crippen LogP contribution in [0.15, 0.2) is 28.8 Å². The number of aromatic amines is 1. The van der Waals surface area contributed by atoms with Gasteiger partial charge in [-0.2, -0.15) is 0 Å². The van der Waals surface area contributed by atoms with E-state index in [4.69, 9.17) is 26.0 Å². The van der Waals surface area contributed by atoms with E-state index in [0.717, 1.165) is 35.1 Å². The number of H-pyrrole nitrogens is 1. The van der Waals surface area contributed by atoms with Gasteiger partial charge in [0.1, 0.15) is 12.4 Å². The summed E-state index contributed by atoms with van der Waals surface area (Å²) in [7, 11) is 0. The number of nitrogens with zero attached hydrogens (tertiary/aromatic N) is 1. The number of aliphatic hydroxyl groups is 1. The molecule has 2 heterocycles. The van der Waals surface area contributed by atoms with Crippen molar-refractivity contribution in [3.63, 3.8) is 0 Å². The molecule has 27 heavy (non-hydrogen) atoms. The number of rotatable bonds is 6. The van der Waals surface area contributed by atoms with Crippen LogP contribution < -0.4 is 10.1 Å². The molecule has 1 aliphatic rings. The highest BCUT2D eigenvalue weighted by molar-refractivity contribution is 6.32. The third kappa shape index (κ3) is 5.24. The number of ether oxygens (including phenoxy) is 1. The minimum absolute atomic E-state index is 0.0648. The van der Waals surface area contributed by atoms with Gasteiger partial charge in [0.05, 0.1) is 23.4 Å². The van der Waals surface area contributed by atoms with Gasteiger partial charge in [0.25, 0.3) is 0 Å². The first-order valence-corrected chi connectivity index (χ1v) is 9.14. The first-order chi connectivity index (χ1) is 13.0. The molecule has 1 aliphatic carbocycles. The number of hydrogen-bond donors (Lipinski definition) is 3. The summed E-state index contributed by atoms with van der Waals surface area (Å²) in [6.07, 6.45) is 4.04. The van der Waals surface area contributed by atoms with E-state index in [1.807, 2.05) is 31.2 Å². The van der Waals surface area contributed by atoms with Crippen LogP contribution in [0, 0.1) is 6.92 Å². The van der Waals surface area contributed by atoms with E-state index in [1.165, 1.54) is 6.42 Å². The van der Waals surface area contributed by atoms with E-state index in [1.54, 1.807) is 0 Å². The standard InChI is InChI=1S/C15H14ClN3O3.C4H8O/c1-9-2-12(22-19-9)7-21-15-5-14-10(4-13(15)16)3-11(18-14)6-17-8-20;5-4-2-1-3-4/h2-5,8,18H,6-7H2,1H3,(H,17,20);4-5H,1-3H2. The molecule has 1 saturated carbocycles. The molecule has 3 N–H and O–H groups in total. The van der Waals surface area contributed by atoms with Crippen LogP contribution in [0.2, 0.25) is 5.02 Å². The Morgan fingerprint density at radius 3 is 2.78 bits per heavy atom. The first-order valence-electron chi connectivity index (χ1n) is 8.76. The van der Waals surface area contributed by atoms with Gasteiger partial charge < -0.3 is 24.7 Å². The molecule has 0 radical (unpaired) electrons. The summed E-state index contributed by atoms with van der Waals surface area (Å²) in [5.41, 5.74) is 2.58. The number of carbonyl (C=O) groups excluding carboxylic acids is 1. The van der Waals surface area contributed by atoms with Crippen molar-refractivity contribution < 1.29 is 19.2 Å². The minimum Gasteiger partial charge on any atom is -0.484 e. The SMILES string of the molecule is Cc1cc(COc2cc3[nH]c(CNC=O)cc3cc2Cl)on1.OC1CCC1. The average molecular weight is 392 g/mol. The van der Waals surface area contributed by atoms with Gasteiger partial charge in [0.2, 0.25) is 6.41 Å². The van der Waals surface area contributed by atoms with Gasteiger partial charge in [0, 0.05) is 28.7 Å². The molecule has 0 unspecified atom stereocenters. The highest BCUT2D eigenvalue weighted by Gasteiger charge is 2.11. The zero-order valence-electron chi connectivity index (χ0n) is 15.0. The van der Waals surface area contributed by atoms with Gasteiger partial charge in [-0.1, -0.05) is 16.8 Å². The van der Waals surface area contributed by atoms with Crippen molar-refractivity contribution in [2.75, 3.05) is 0 Å². The Kier molecular flexibility index (Phi) is 6.36. The van der Waals surface area contributed by atoms with Crippen LogP contribution in [-0.2, 0) is 17.9 Å². The molecule has 0 saturated heterocycles. The maximum absolute atomic E-state index is 10.3. The molecular formula is C19H22ClN3O4. The number of aliphatic hydroxyl groups excluding tert-OH is 1. The van der Waals surface area contributed by atoms with Crippen molar-refractivity contribution >= 4 is 28.9 Å². The topological polar surface area (TPSA) is 100 Å². The fourth-order valence-electron chi connectivity index (χ4n) is 2.57. The molecule has 1 aromatic carbocycles. The molecule has 0 bridgehead atoms. The molecule has 4 rings (SSSR count). The van der Waals surface area contributed by atoms with Crippen LogP contribution >= 0.6 is 11.6 Å². The maximum Gasteiger partial charge on any atom is 0.207 e. The van der Waals surface area contributed by atoms with E-state index < -0.39 is 0 Å². The zero-order chi connectivity index (χ0) is 19.2. The van der Waals surface area contributed by atoms with Gasteiger partial charge in [-0.25, -0.2) is 0 Å². The molecule has 144 valence electrons. The van der Waals surface area contributed by atoms with Gasteiger partial charge in [-0.05, 0) is 38.3 Å². The second kappa shape index (κ2) is 8.92. The molecule has 1 fully saturated rings. The van der Waals surface area contributed by atoms with Crippen LogP contribution in [0.1, 0.15) is 36.4 Å². The molecule has 3 aromatic rings. The van der Waals surface area contributed by atoms with E-state index >= 15 is 0 Å². The van der Waals surface area contributed by atoms with Crippen molar-refractivity contribution in [2.45, 2.75) is 45.4 Å². The Morgan fingerprint density at radius 2 is 2.19 bits per heavy atom. The zero-order valence-corrected chi connectivity index (χ0v) is 15.8. The lowest BCUT2D eigenvalue weighted by molar-refractivity contribution is -0.109. The van der Waals surface area contributed by atoms with Crippen molar-refractivity contribution in [1.29, 1.82) is 0 Å². The summed E-state index contributed by atoms with van der Waals surface area (Å²) in [4.78, 5) is 13.5. The monoisotopic (exact) mass is 391 g/mol. The maximum atomic E-state index is 10.3. The molecule has 0 aliphatic heterocycles. The summed E-state index contributed by atoms with van der Waals surface area (Å²) in [6, 6.07) is 7.38. The predicted molar refractivity (Wildman–Crippen MR) is 102 cm³/mol. The van der Waals surface area contributed by atoms with Gasteiger partial charge in [0.15, 0.2) is 5.76 Å². The quantitative estimate of drug-likeness (QED) is 0.558. The van der Waals surface area contributed by atoms with Crippen molar-refractivity contribution in [2.24, 2.45) is 0 Å². The fourth-order valence-corrected chi connectivity index (χ4v) is 2.80. The number of halogens is 1. The van der Waals surface area contributed by atoms with E-state index in [-0.39, 0.29) is 12.7 Å². The van der Waals surface area contributed by atoms with Crippen LogP contribution in [0.5, 0.6) is 5.75 Å². The van der Waals surface area contributed by atoms with Crippen LogP contribution in [0.25, 0.3) is 10.9 Å². The number of aromatic nitrogens is 2. The first kappa shape index (κ1) is 19.3. The Balaban J connectivity index is 0.000000364. The lowest BCUT2D eigenvalue weighted by Gasteiger charge is -2.17. The smallest absolute Gasteiger partial charge is 0.207 e. The second-order valence-corrected chi connectivity index (χ2v) is 6.88. The Hall–Kier alpha value is -2.51. The number of amides is 1. The van der Waals surface area contributed by atoms with E-state index in [0.29, 0.717) is 29.5 Å². The number of nitrogens with one attached hydrogen (secondary N) is 2. The lowest BCUT2D eigenvalue weighted by Crippen LogP contribution is -2.15. The highest BCUT2D eigenvalue weighted by Crippen LogP contribution is 2.31. The Bertz CT molecular complexity index is 902. The summed E-state index contributed by atoms with van der Waals surface area (Å²) >= 11 is 6.23. The normalized spacial score (nSPS) is 13.6. The van der Waals surface area contributed by atoms with Gasteiger partial charge in [-0.15, -0.1) is 0 Å². The summed E-state index contributed by atoms with van der Waals surface area (Å²) in [6.45, 7) is 2.54. The van der Waals surface area contributed by atoms with Crippen LogP contribution in [-0.4, -0.2) is 27.8 Å². The second-order valence-electron chi connectivity index (χ2n) is 6.47. The Labute approximate surface area is 161 Å². The molecule has 0 atom stereocenters. The largest absolute Gasteiger partial charge is 0.484 e. The molecule has 7 nitrogen and oxygen atoms in total. The van der Waals surface area contributed by atoms with Crippen molar-refractivity contribution in [1.82, 2.24) is 15.5 Å². The minimum atomic E-state index is 0.0648. The number of aryl methyl sites for hydroxylation is 1. The van der Waals surface area contributed by atoms with Crippen molar-refractivity contribution in [3.8, 4) is 5.75 Å². The number of carbonyl (C=O) groups is 1. The van der Waals surface area contributed by atoms with Crippen LogP contribution in [0.3, 0.4) is 0 Å². The Morgan fingerprint density at radius 1 is 1.41 bits per heavy atom. The number of hydrogen-bond acceptors (Lipinski definition) is 5. The summed E-state index contributed by atoms with van der Waals surface area (Å²) < 4.78 is 10.8. The molecule has 1 amide bonds. The molecule has 2 aromatic heterocycles. The average Bonchev–Trinajstić information content (AvgIpc) is 3.21. The molecule has 0 spiro atoms. The van der Waals surface area contributed by atoms with E-state index in [9.17, 15) is 4.79 Å². The fraction of sp³-hybridized carbons (Fsp3) is 0.368. The molecular weight excluding hydrogens is 370 g/mol. The highest BCUT2D eigenvalue weighted by atomic mass is 35.5. The predicted octanol–water partition coefficient (Wildman–Crippen LogP) is 3.47. The van der Waals surface area contributed by atoms with Crippen molar-refractivity contribution in [3.05, 3.63) is 46.4 Å². The van der Waals surface area contributed by atoms with Crippen LogP contribution in [0.4, 0.5) is 0 Å². The third-order valence-electron chi connectivity index (χ3n) is 4.23. The summed E-state index contributed by atoms with van der Waals surface area (Å²) in [5.74, 6) is 1.19. The summed E-state index contributed by atoms with van der Waals surface area (Å²) in [5, 5.41) is 16.3.